The van der Waals surface area contributed by atoms with Gasteiger partial charge in [-0.05, 0) is 109 Å². The number of carboxylic acid groups (broad SMARTS) is 1. The Morgan fingerprint density at radius 3 is 2.27 bits per heavy atom. The van der Waals surface area contributed by atoms with E-state index in [0.29, 0.717) is 40.0 Å². The van der Waals surface area contributed by atoms with Crippen LogP contribution in [0, 0.1) is 17.0 Å². The van der Waals surface area contributed by atoms with E-state index in [2.05, 4.69) is 10.2 Å². The number of ether oxygens (including phenoxy) is 4. The molecule has 1 unspecified atom stereocenters. The smallest absolute Gasteiger partial charge is 0.490 e. The lowest BCUT2D eigenvalue weighted by Crippen LogP contribution is -2.52. The number of fused-ring (bicyclic) bond motifs is 3. The number of carbonyl (C=O) groups is 3. The van der Waals surface area contributed by atoms with Gasteiger partial charge in [-0.1, -0.05) is 35.3 Å². The highest BCUT2D eigenvalue weighted by Crippen LogP contribution is 2.39. The predicted molar refractivity (Wildman–Crippen MR) is 208 cm³/mol. The Morgan fingerprint density at radius 1 is 0.983 bits per heavy atom. The molecule has 4 fully saturated rings. The number of rotatable bonds is 15. The fourth-order valence-corrected chi connectivity index (χ4v) is 8.03. The minimum Gasteiger partial charge on any atom is -0.619 e. The van der Waals surface area contributed by atoms with Gasteiger partial charge in [0.25, 0.3) is 0 Å². The molecule has 0 amide bonds. The number of aromatic nitrogens is 1. The SMILES string of the molecule is O=C(O)C(F)(F)F.O=C(O[C@@H](Cc1c(Cl)c[n+]([O-])cc1Cl)c1ccc(OC(F)F)c(OCC2CC2)c1)c1cccc(NC(C(=O)O[C@H]2CN3CCC2CC3)c2ccsc2)c1. The summed E-state index contributed by atoms with van der Waals surface area (Å²) in [6.07, 6.45) is -0.171. The quantitative estimate of drug-likeness (QED) is 0.0511. The Bertz CT molecular complexity index is 2110. The summed E-state index contributed by atoms with van der Waals surface area (Å²) in [7, 11) is 0. The number of thiophene rings is 1. The molecule has 0 radical (unpaired) electrons. The molecule has 3 atom stereocenters. The molecule has 8 rings (SSSR count). The predicted octanol–water partition coefficient (Wildman–Crippen LogP) is 8.64. The first-order valence-electron chi connectivity index (χ1n) is 18.6. The zero-order chi connectivity index (χ0) is 43.1. The second-order valence-corrected chi connectivity index (χ2v) is 16.0. The number of pyridine rings is 1. The minimum absolute atomic E-state index is 0.0483. The van der Waals surface area contributed by atoms with E-state index in [1.807, 2.05) is 16.8 Å². The van der Waals surface area contributed by atoms with Crippen molar-refractivity contribution >= 4 is 58.1 Å². The largest absolute Gasteiger partial charge is 0.619 e. The standard InChI is InChI=1S/C38H37Cl2F2N3O7S.C2HF3O2/c39-29-17-45(48)18-30(40)28(29)16-32(24-6-7-31(52-38(41)42)33(15-24)49-20-22-4-5-22)50-36(46)25-2-1-3-27(14-25)43-35(26-10-13-53-21-26)37(47)51-34-19-44-11-8-23(34)9-12-44;3-2(4,5)1(6)7/h1-3,6-7,10,13-15,17-18,21-23,32,34-35,38,43H,4-5,8-9,11-12,16,19-20H2;(H,6,7)/t32-,34-,35?;/m0./s1. The molecule has 1 aliphatic carbocycles. The molecule has 0 spiro atoms. The Balaban J connectivity index is 0.000000793. The van der Waals surface area contributed by atoms with Crippen molar-refractivity contribution < 1.29 is 65.1 Å². The molecule has 2 aromatic carbocycles. The molecule has 60 heavy (non-hydrogen) atoms. The fourth-order valence-electron chi connectivity index (χ4n) is 6.74. The summed E-state index contributed by atoms with van der Waals surface area (Å²) < 4.78 is 81.5. The number of hydrogen-bond donors (Lipinski definition) is 2. The number of aliphatic carboxylic acids is 1. The maximum absolute atomic E-state index is 13.9. The first kappa shape index (κ1) is 44.6. The van der Waals surface area contributed by atoms with Crippen molar-refractivity contribution in [2.24, 2.45) is 11.8 Å². The number of esters is 2. The van der Waals surface area contributed by atoms with Crippen molar-refractivity contribution in [3.8, 4) is 11.5 Å². The van der Waals surface area contributed by atoms with Crippen LogP contribution in [-0.2, 0) is 25.5 Å². The normalized spacial score (nSPS) is 19.4. The van der Waals surface area contributed by atoms with Crippen molar-refractivity contribution in [3.05, 3.63) is 109 Å². The Morgan fingerprint density at radius 2 is 1.68 bits per heavy atom. The molecule has 2 bridgehead atoms. The molecule has 4 aromatic rings. The average molecular weight is 903 g/mol. The van der Waals surface area contributed by atoms with E-state index in [4.69, 9.17) is 52.1 Å². The molecule has 3 aliphatic heterocycles. The zero-order valence-electron chi connectivity index (χ0n) is 31.4. The summed E-state index contributed by atoms with van der Waals surface area (Å²) in [5.74, 6) is -3.32. The van der Waals surface area contributed by atoms with Crippen LogP contribution in [0.25, 0.3) is 0 Å². The second-order valence-electron chi connectivity index (χ2n) is 14.4. The van der Waals surface area contributed by atoms with Gasteiger partial charge in [-0.3, -0.25) is 4.90 Å². The zero-order valence-corrected chi connectivity index (χ0v) is 33.7. The number of carboxylic acids is 1. The number of benzene rings is 2. The van der Waals surface area contributed by atoms with E-state index in [0.717, 1.165) is 63.3 Å². The topological polar surface area (TPSA) is 151 Å². The van der Waals surface area contributed by atoms with Crippen molar-refractivity contribution in [2.45, 2.75) is 63.1 Å². The number of nitrogens with zero attached hydrogens (tertiary/aromatic N) is 2. The maximum Gasteiger partial charge on any atom is 0.490 e. The van der Waals surface area contributed by atoms with Crippen LogP contribution >= 0.6 is 34.5 Å². The van der Waals surface area contributed by atoms with Crippen LogP contribution in [-0.4, -0.2) is 73.0 Å². The lowest BCUT2D eigenvalue weighted by atomic mass is 9.86. The summed E-state index contributed by atoms with van der Waals surface area (Å²) in [5, 5.41) is 26.2. The van der Waals surface area contributed by atoms with Crippen LogP contribution in [0.4, 0.5) is 27.6 Å². The number of carbonyl (C=O) groups excluding carboxylic acids is 2. The maximum atomic E-state index is 13.9. The van der Waals surface area contributed by atoms with Crippen molar-refractivity contribution in [1.82, 2.24) is 4.90 Å². The minimum atomic E-state index is -5.08. The third kappa shape index (κ3) is 12.1. The van der Waals surface area contributed by atoms with Gasteiger partial charge in [-0.25, -0.2) is 14.4 Å². The van der Waals surface area contributed by atoms with Gasteiger partial charge >= 0.3 is 30.7 Å². The number of hydrogen-bond acceptors (Lipinski definition) is 11. The molecule has 2 N–H and O–H groups in total. The number of piperidine rings is 3. The Hall–Kier alpha value is -4.91. The summed E-state index contributed by atoms with van der Waals surface area (Å²) in [5.41, 5.74) is 2.11. The van der Waals surface area contributed by atoms with Gasteiger partial charge in [0.15, 0.2) is 29.9 Å². The molecular weight excluding hydrogens is 864 g/mol. The highest BCUT2D eigenvalue weighted by Gasteiger charge is 2.39. The Labute approximate surface area is 354 Å². The number of anilines is 1. The molecule has 20 heteroatoms. The summed E-state index contributed by atoms with van der Waals surface area (Å²) in [6.45, 7) is -0.00266. The molecule has 1 saturated carbocycles. The summed E-state index contributed by atoms with van der Waals surface area (Å²) in [4.78, 5) is 38.8. The van der Waals surface area contributed by atoms with Gasteiger partial charge < -0.3 is 34.6 Å². The third-order valence-electron chi connectivity index (χ3n) is 10.1. The van der Waals surface area contributed by atoms with Crippen molar-refractivity contribution in [2.75, 3.05) is 31.6 Å². The van der Waals surface area contributed by atoms with E-state index >= 15 is 0 Å². The van der Waals surface area contributed by atoms with Crippen molar-refractivity contribution in [1.29, 1.82) is 0 Å². The molecule has 4 aliphatic rings. The summed E-state index contributed by atoms with van der Waals surface area (Å²) in [6, 6.07) is 11.9. The van der Waals surface area contributed by atoms with E-state index < -0.39 is 42.8 Å². The fraction of sp³-hybridized carbons (Fsp3) is 0.400. The molecule has 12 nitrogen and oxygen atoms in total. The van der Waals surface area contributed by atoms with E-state index in [9.17, 15) is 36.7 Å². The number of halogens is 7. The Kier molecular flexibility index (Phi) is 14.6. The van der Waals surface area contributed by atoms with E-state index in [1.165, 1.54) is 29.5 Å². The van der Waals surface area contributed by atoms with Crippen LogP contribution in [0.2, 0.25) is 10.0 Å². The van der Waals surface area contributed by atoms with Crippen LogP contribution < -0.4 is 19.5 Å². The molecular formula is C40H38Cl2F5N3O9S. The molecule has 2 aromatic heterocycles. The highest BCUT2D eigenvalue weighted by molar-refractivity contribution is 7.08. The van der Waals surface area contributed by atoms with Gasteiger partial charge in [-0.15, -0.1) is 0 Å². The lowest BCUT2D eigenvalue weighted by Gasteiger charge is -2.44. The molecule has 5 heterocycles. The number of nitrogens with one attached hydrogen (secondary N) is 1. The van der Waals surface area contributed by atoms with Gasteiger partial charge in [0.1, 0.15) is 22.3 Å². The third-order valence-corrected chi connectivity index (χ3v) is 11.4. The van der Waals surface area contributed by atoms with E-state index in [-0.39, 0.29) is 39.6 Å². The first-order valence-corrected chi connectivity index (χ1v) is 20.3. The van der Waals surface area contributed by atoms with Gasteiger partial charge in [0, 0.05) is 24.2 Å². The second kappa shape index (κ2) is 19.6. The molecule has 322 valence electrons. The lowest BCUT2D eigenvalue weighted by molar-refractivity contribution is -0.605. The first-order chi connectivity index (χ1) is 28.5. The van der Waals surface area contributed by atoms with Crippen LogP contribution in [0.15, 0.2) is 71.7 Å². The van der Waals surface area contributed by atoms with Gasteiger partial charge in [0.05, 0.1) is 12.2 Å². The van der Waals surface area contributed by atoms with Gasteiger partial charge in [-0.2, -0.15) is 38.0 Å². The van der Waals surface area contributed by atoms with Crippen molar-refractivity contribution in [3.63, 3.8) is 0 Å². The monoisotopic (exact) mass is 901 g/mol. The van der Waals surface area contributed by atoms with Crippen LogP contribution in [0.3, 0.4) is 0 Å². The van der Waals surface area contributed by atoms with Crippen LogP contribution in [0.1, 0.15) is 64.9 Å². The number of alkyl halides is 5. The highest BCUT2D eigenvalue weighted by atomic mass is 35.5. The summed E-state index contributed by atoms with van der Waals surface area (Å²) >= 11 is 14.3. The van der Waals surface area contributed by atoms with E-state index in [1.54, 1.807) is 24.3 Å². The van der Waals surface area contributed by atoms with Gasteiger partial charge in [0.2, 0.25) is 0 Å². The average Bonchev–Trinajstić information content (AvgIpc) is 3.87. The molecule has 3 saturated heterocycles. The van der Waals surface area contributed by atoms with Crippen LogP contribution in [0.5, 0.6) is 11.5 Å².